The van der Waals surface area contributed by atoms with Gasteiger partial charge in [0.2, 0.25) is 6.41 Å². The average molecular weight is 345 g/mol. The molecule has 0 aliphatic heterocycles. The third-order valence-electron chi connectivity index (χ3n) is 3.25. The molecule has 1 aromatic rings. The van der Waals surface area contributed by atoms with Gasteiger partial charge in [-0.2, -0.15) is 0 Å². The Morgan fingerprint density at radius 1 is 1.22 bits per heavy atom. The first-order chi connectivity index (χ1) is 11.0. The summed E-state index contributed by atoms with van der Waals surface area (Å²) in [5.41, 5.74) is 0.137. The molecule has 1 aromatic carbocycles. The lowest BCUT2D eigenvalue weighted by atomic mass is 10.1. The molecule has 0 bridgehead atoms. The summed E-state index contributed by atoms with van der Waals surface area (Å²) in [5.74, 6) is 0.673. The molecule has 1 atom stereocenters. The van der Waals surface area contributed by atoms with Gasteiger partial charge in [0, 0.05) is 6.54 Å². The molecule has 0 radical (unpaired) electrons. The number of ether oxygens (including phenoxy) is 1. The third kappa shape index (κ3) is 5.62. The zero-order valence-electron chi connectivity index (χ0n) is 13.7. The van der Waals surface area contributed by atoms with E-state index in [1.165, 1.54) is 0 Å². The van der Waals surface area contributed by atoms with Crippen molar-refractivity contribution in [1.82, 2.24) is 5.06 Å². The lowest BCUT2D eigenvalue weighted by Gasteiger charge is -2.27. The predicted octanol–water partition coefficient (Wildman–Crippen LogP) is 3.24. The lowest BCUT2D eigenvalue weighted by Crippen LogP contribution is -2.21. The summed E-state index contributed by atoms with van der Waals surface area (Å²) in [6, 6.07) is 7.05. The van der Waals surface area contributed by atoms with Gasteiger partial charge in [0.15, 0.2) is 0 Å². The SMILES string of the molecule is CCOP(=O)(OCC)C(CCN(O)C=O)c1ccc(OC)cc1. The van der Waals surface area contributed by atoms with E-state index >= 15 is 0 Å². The van der Waals surface area contributed by atoms with E-state index in [-0.39, 0.29) is 26.2 Å². The monoisotopic (exact) mass is 345 g/mol. The third-order valence-corrected chi connectivity index (χ3v) is 5.81. The van der Waals surface area contributed by atoms with Gasteiger partial charge in [-0.05, 0) is 38.0 Å². The molecule has 0 saturated heterocycles. The number of carbonyl (C=O) groups excluding carboxylic acids is 1. The maximum atomic E-state index is 13.1. The van der Waals surface area contributed by atoms with Crippen molar-refractivity contribution < 1.29 is 28.4 Å². The zero-order valence-corrected chi connectivity index (χ0v) is 14.6. The summed E-state index contributed by atoms with van der Waals surface area (Å²) < 4.78 is 29.1. The number of hydrogen-bond donors (Lipinski definition) is 1. The van der Waals surface area contributed by atoms with Crippen LogP contribution in [0.4, 0.5) is 0 Å². The Morgan fingerprint density at radius 2 is 1.78 bits per heavy atom. The van der Waals surface area contributed by atoms with Crippen molar-refractivity contribution in [2.45, 2.75) is 25.9 Å². The van der Waals surface area contributed by atoms with Crippen LogP contribution in [0.5, 0.6) is 5.75 Å². The smallest absolute Gasteiger partial charge is 0.338 e. The maximum Gasteiger partial charge on any atom is 0.338 e. The molecule has 1 N–H and O–H groups in total. The molecule has 23 heavy (non-hydrogen) atoms. The molecular formula is C15H24NO6P. The van der Waals surface area contributed by atoms with Crippen LogP contribution >= 0.6 is 7.60 Å². The molecule has 0 saturated carbocycles. The highest BCUT2D eigenvalue weighted by Crippen LogP contribution is 2.62. The number of nitrogens with zero attached hydrogens (tertiary/aromatic N) is 1. The minimum Gasteiger partial charge on any atom is -0.497 e. The molecule has 0 fully saturated rings. The average Bonchev–Trinajstić information content (AvgIpc) is 2.55. The van der Waals surface area contributed by atoms with Crippen molar-refractivity contribution in [2.75, 3.05) is 26.9 Å². The summed E-state index contributed by atoms with van der Waals surface area (Å²) in [6.07, 6.45) is 0.538. The maximum absolute atomic E-state index is 13.1. The van der Waals surface area contributed by atoms with Crippen LogP contribution < -0.4 is 4.74 Å². The minimum absolute atomic E-state index is 0.0182. The van der Waals surface area contributed by atoms with Crippen LogP contribution in [0.3, 0.4) is 0 Å². The van der Waals surface area contributed by atoms with Crippen LogP contribution in [-0.2, 0) is 18.4 Å². The number of hydroxylamine groups is 2. The fraction of sp³-hybridized carbons (Fsp3) is 0.533. The predicted molar refractivity (Wildman–Crippen MR) is 85.8 cm³/mol. The number of methoxy groups -OCH3 is 1. The van der Waals surface area contributed by atoms with Crippen molar-refractivity contribution in [3.63, 3.8) is 0 Å². The van der Waals surface area contributed by atoms with Crippen LogP contribution in [0, 0.1) is 0 Å². The van der Waals surface area contributed by atoms with Crippen molar-refractivity contribution in [2.24, 2.45) is 0 Å². The summed E-state index contributed by atoms with van der Waals surface area (Å²) >= 11 is 0. The van der Waals surface area contributed by atoms with E-state index in [9.17, 15) is 14.6 Å². The Kier molecular flexibility index (Phi) is 8.26. The van der Waals surface area contributed by atoms with Gasteiger partial charge >= 0.3 is 7.60 Å². The Balaban J connectivity index is 3.11. The quantitative estimate of drug-likeness (QED) is 0.287. The Labute approximate surface area is 136 Å². The Hall–Kier alpha value is -1.40. The van der Waals surface area contributed by atoms with Crippen molar-refractivity contribution in [3.8, 4) is 5.75 Å². The highest BCUT2D eigenvalue weighted by atomic mass is 31.2. The highest BCUT2D eigenvalue weighted by Gasteiger charge is 2.36. The standard InChI is InChI=1S/C15H24NO6P/c1-4-21-23(19,22-5-2)15(10-11-16(18)12-17)13-6-8-14(20-3)9-7-13/h6-9,12,15,18H,4-5,10-11H2,1-3H3. The van der Waals surface area contributed by atoms with E-state index < -0.39 is 13.3 Å². The van der Waals surface area contributed by atoms with E-state index in [2.05, 4.69) is 0 Å². The van der Waals surface area contributed by atoms with Gasteiger partial charge in [-0.1, -0.05) is 12.1 Å². The summed E-state index contributed by atoms with van der Waals surface area (Å²) in [5, 5.41) is 9.85. The highest BCUT2D eigenvalue weighted by molar-refractivity contribution is 7.54. The molecule has 0 spiro atoms. The van der Waals surface area contributed by atoms with Crippen LogP contribution in [0.2, 0.25) is 0 Å². The van der Waals surface area contributed by atoms with Crippen LogP contribution in [0.1, 0.15) is 31.5 Å². The van der Waals surface area contributed by atoms with Crippen molar-refractivity contribution in [1.29, 1.82) is 0 Å². The van der Waals surface area contributed by atoms with E-state index in [0.29, 0.717) is 17.2 Å². The normalized spacial score (nSPS) is 12.7. The summed E-state index contributed by atoms with van der Waals surface area (Å²) in [4.78, 5) is 10.6. The van der Waals surface area contributed by atoms with Crippen LogP contribution in [-0.4, -0.2) is 43.5 Å². The van der Waals surface area contributed by atoms with Crippen molar-refractivity contribution >= 4 is 14.0 Å². The molecule has 0 aliphatic rings. The second-order valence-corrected chi connectivity index (χ2v) is 6.94. The topological polar surface area (TPSA) is 85.3 Å². The van der Waals surface area contributed by atoms with E-state index in [0.717, 1.165) is 5.56 Å². The fourth-order valence-electron chi connectivity index (χ4n) is 2.22. The first-order valence-corrected chi connectivity index (χ1v) is 9.05. The number of carbonyl (C=O) groups is 1. The molecule has 0 aliphatic carbocycles. The van der Waals surface area contributed by atoms with Gasteiger partial charge in [0.25, 0.3) is 0 Å². The number of rotatable bonds is 11. The number of amides is 1. The summed E-state index contributed by atoms with van der Waals surface area (Å²) in [6.45, 7) is 3.96. The van der Waals surface area contributed by atoms with Gasteiger partial charge in [0.1, 0.15) is 5.75 Å². The largest absolute Gasteiger partial charge is 0.497 e. The molecule has 1 rings (SSSR count). The Morgan fingerprint density at radius 3 is 2.22 bits per heavy atom. The molecule has 1 unspecified atom stereocenters. The van der Waals surface area contributed by atoms with Crippen LogP contribution in [0.15, 0.2) is 24.3 Å². The molecule has 1 amide bonds. The molecule has 0 aromatic heterocycles. The second kappa shape index (κ2) is 9.67. The van der Waals surface area contributed by atoms with Gasteiger partial charge in [-0.25, -0.2) is 5.06 Å². The van der Waals surface area contributed by atoms with Gasteiger partial charge in [-0.15, -0.1) is 0 Å². The number of hydrogen-bond acceptors (Lipinski definition) is 6. The van der Waals surface area contributed by atoms with Gasteiger partial charge < -0.3 is 13.8 Å². The van der Waals surface area contributed by atoms with E-state index in [1.54, 1.807) is 45.2 Å². The Bertz CT molecular complexity index is 511. The molecule has 8 heteroatoms. The van der Waals surface area contributed by atoms with Crippen LogP contribution in [0.25, 0.3) is 0 Å². The first-order valence-electron chi connectivity index (χ1n) is 7.44. The first kappa shape index (κ1) is 19.6. The second-order valence-electron chi connectivity index (χ2n) is 4.72. The van der Waals surface area contributed by atoms with Gasteiger partial charge in [-0.3, -0.25) is 14.6 Å². The molecule has 7 nitrogen and oxygen atoms in total. The zero-order chi connectivity index (χ0) is 17.3. The fourth-order valence-corrected chi connectivity index (χ4v) is 4.34. The molecule has 0 heterocycles. The van der Waals surface area contributed by atoms with Crippen molar-refractivity contribution in [3.05, 3.63) is 29.8 Å². The number of benzene rings is 1. The van der Waals surface area contributed by atoms with E-state index in [4.69, 9.17) is 13.8 Å². The van der Waals surface area contributed by atoms with E-state index in [1.807, 2.05) is 0 Å². The lowest BCUT2D eigenvalue weighted by molar-refractivity contribution is -0.149. The molecule has 130 valence electrons. The summed E-state index contributed by atoms with van der Waals surface area (Å²) in [7, 11) is -1.88. The van der Waals surface area contributed by atoms with Gasteiger partial charge in [0.05, 0.1) is 26.0 Å². The minimum atomic E-state index is -3.44. The molecular weight excluding hydrogens is 321 g/mol.